The van der Waals surface area contributed by atoms with E-state index in [0.29, 0.717) is 18.0 Å². The Balaban J connectivity index is 1.70. The van der Waals surface area contributed by atoms with Crippen molar-refractivity contribution in [2.45, 2.75) is 33.1 Å². The molecule has 0 spiro atoms. The average molecular weight is 515 g/mol. The molecule has 37 heavy (non-hydrogen) atoms. The number of likely N-dealkylation sites (N-methyl/N-ethyl adjacent to an activating group) is 1. The van der Waals surface area contributed by atoms with Crippen molar-refractivity contribution in [2.75, 3.05) is 37.0 Å². The molecule has 0 saturated heterocycles. The summed E-state index contributed by atoms with van der Waals surface area (Å²) < 4.78 is 5.30. The summed E-state index contributed by atoms with van der Waals surface area (Å²) in [7, 11) is 1.69. The summed E-state index contributed by atoms with van der Waals surface area (Å²) in [5.41, 5.74) is 4.62. The molecule has 0 radical (unpaired) electrons. The Labute approximate surface area is 223 Å². The van der Waals surface area contributed by atoms with Crippen LogP contribution in [0.1, 0.15) is 43.1 Å². The Morgan fingerprint density at radius 3 is 2.46 bits per heavy atom. The third kappa shape index (κ3) is 6.42. The Bertz CT molecular complexity index is 1350. The van der Waals surface area contributed by atoms with Gasteiger partial charge in [-0.15, -0.1) is 11.3 Å². The lowest BCUT2D eigenvalue weighted by molar-refractivity contribution is 0.102. The van der Waals surface area contributed by atoms with Crippen molar-refractivity contribution in [3.05, 3.63) is 83.5 Å². The van der Waals surface area contributed by atoms with Gasteiger partial charge in [0.1, 0.15) is 10.7 Å². The van der Waals surface area contributed by atoms with Crippen LogP contribution in [0.3, 0.4) is 0 Å². The lowest BCUT2D eigenvalue weighted by atomic mass is 9.96. The second-order valence-corrected chi connectivity index (χ2v) is 10.8. The minimum absolute atomic E-state index is 0.0142. The number of carbonyl (C=O) groups excluding carboxylic acids is 1. The van der Waals surface area contributed by atoms with Crippen LogP contribution < -0.4 is 10.2 Å². The van der Waals surface area contributed by atoms with Gasteiger partial charge >= 0.3 is 0 Å². The first-order valence-electron chi connectivity index (χ1n) is 12.5. The highest BCUT2D eigenvalue weighted by Crippen LogP contribution is 2.36. The number of ether oxygens (including phenoxy) is 1. The molecular formula is C30H34N4O2S. The number of anilines is 2. The molecule has 6 nitrogen and oxygen atoms in total. The first kappa shape index (κ1) is 26.5. The van der Waals surface area contributed by atoms with E-state index in [9.17, 15) is 4.79 Å². The predicted molar refractivity (Wildman–Crippen MR) is 154 cm³/mol. The van der Waals surface area contributed by atoms with E-state index in [2.05, 4.69) is 42.9 Å². The molecule has 4 rings (SSSR count). The number of pyridine rings is 1. The molecule has 192 valence electrons. The van der Waals surface area contributed by atoms with Crippen molar-refractivity contribution >= 4 is 28.6 Å². The molecule has 1 amide bonds. The molecule has 0 aliphatic carbocycles. The van der Waals surface area contributed by atoms with Gasteiger partial charge in [-0.3, -0.25) is 4.79 Å². The molecule has 0 aliphatic heterocycles. The van der Waals surface area contributed by atoms with E-state index in [-0.39, 0.29) is 11.3 Å². The molecule has 0 unspecified atom stereocenters. The maximum Gasteiger partial charge on any atom is 0.274 e. The van der Waals surface area contributed by atoms with E-state index in [1.807, 2.05) is 72.9 Å². The Kier molecular flexibility index (Phi) is 8.36. The normalized spacial score (nSPS) is 11.4. The third-order valence-electron chi connectivity index (χ3n) is 6.08. The number of rotatable bonds is 9. The van der Waals surface area contributed by atoms with E-state index in [1.54, 1.807) is 18.4 Å². The average Bonchev–Trinajstić information content (AvgIpc) is 3.41. The highest BCUT2D eigenvalue weighted by Gasteiger charge is 2.20. The maximum atomic E-state index is 13.6. The van der Waals surface area contributed by atoms with Crippen molar-refractivity contribution in [3.8, 4) is 21.8 Å². The Morgan fingerprint density at radius 1 is 1.05 bits per heavy atom. The fourth-order valence-corrected chi connectivity index (χ4v) is 4.97. The zero-order valence-electron chi connectivity index (χ0n) is 22.1. The molecule has 0 bridgehead atoms. The van der Waals surface area contributed by atoms with Crippen molar-refractivity contribution in [1.29, 1.82) is 0 Å². The molecule has 1 N–H and O–H groups in total. The highest BCUT2D eigenvalue weighted by molar-refractivity contribution is 7.15. The van der Waals surface area contributed by atoms with Crippen LogP contribution in [0.15, 0.2) is 72.9 Å². The number of carbonyl (C=O) groups is 1. The molecule has 4 aromatic rings. The van der Waals surface area contributed by atoms with Crippen molar-refractivity contribution in [2.24, 2.45) is 0 Å². The van der Waals surface area contributed by atoms with Crippen molar-refractivity contribution in [3.63, 3.8) is 0 Å². The van der Waals surface area contributed by atoms with Crippen molar-refractivity contribution < 1.29 is 9.53 Å². The van der Waals surface area contributed by atoms with Gasteiger partial charge in [-0.1, -0.05) is 63.2 Å². The smallest absolute Gasteiger partial charge is 0.274 e. The topological polar surface area (TPSA) is 67.3 Å². The number of para-hydroxylation sites is 1. The quantitative estimate of drug-likeness (QED) is 0.263. The SMILES string of the molecule is CCN(CCOC)c1cc(C(=O)Nc2ccccc2-c2ncc(C(C)(C)C)s2)nc(-c2ccccc2)c1. The summed E-state index contributed by atoms with van der Waals surface area (Å²) in [6, 6.07) is 21.6. The molecule has 0 saturated carbocycles. The van der Waals surface area contributed by atoms with E-state index in [1.165, 1.54) is 4.88 Å². The molecule has 0 atom stereocenters. The number of aromatic nitrogens is 2. The van der Waals surface area contributed by atoms with Crippen LogP contribution in [0.2, 0.25) is 0 Å². The number of nitrogens with zero attached hydrogens (tertiary/aromatic N) is 3. The Morgan fingerprint density at radius 2 is 1.78 bits per heavy atom. The van der Waals surface area contributed by atoms with Gasteiger partial charge in [0.2, 0.25) is 0 Å². The highest BCUT2D eigenvalue weighted by atomic mass is 32.1. The van der Waals surface area contributed by atoms with Crippen LogP contribution in [0.25, 0.3) is 21.8 Å². The van der Waals surface area contributed by atoms with Crippen LogP contribution in [0.4, 0.5) is 11.4 Å². The van der Waals surface area contributed by atoms with Crippen LogP contribution >= 0.6 is 11.3 Å². The number of thiazole rings is 1. The van der Waals surface area contributed by atoms with Gasteiger partial charge in [0, 0.05) is 48.1 Å². The van der Waals surface area contributed by atoms with Gasteiger partial charge in [0.15, 0.2) is 0 Å². The van der Waals surface area contributed by atoms with Gasteiger partial charge in [-0.2, -0.15) is 0 Å². The molecule has 7 heteroatoms. The van der Waals surface area contributed by atoms with E-state index in [4.69, 9.17) is 9.72 Å². The number of methoxy groups -OCH3 is 1. The lowest BCUT2D eigenvalue weighted by Crippen LogP contribution is -2.27. The second-order valence-electron chi connectivity index (χ2n) is 9.81. The van der Waals surface area contributed by atoms with Gasteiger partial charge in [0.05, 0.1) is 18.0 Å². The molecule has 0 aliphatic rings. The largest absolute Gasteiger partial charge is 0.383 e. The molecule has 0 fully saturated rings. The molecular weight excluding hydrogens is 480 g/mol. The fourth-order valence-electron chi connectivity index (χ4n) is 3.95. The molecule has 2 heterocycles. The monoisotopic (exact) mass is 514 g/mol. The van der Waals surface area contributed by atoms with E-state index in [0.717, 1.165) is 40.6 Å². The number of amides is 1. The summed E-state index contributed by atoms with van der Waals surface area (Å²) in [6.45, 7) is 10.7. The first-order valence-corrected chi connectivity index (χ1v) is 13.3. The van der Waals surface area contributed by atoms with Crippen LogP contribution in [-0.2, 0) is 10.2 Å². The summed E-state index contributed by atoms with van der Waals surface area (Å²) in [6.07, 6.45) is 1.93. The zero-order valence-corrected chi connectivity index (χ0v) is 22.9. The van der Waals surface area contributed by atoms with Crippen LogP contribution in [0.5, 0.6) is 0 Å². The molecule has 2 aromatic carbocycles. The number of nitrogens with one attached hydrogen (secondary N) is 1. The number of hydrogen-bond acceptors (Lipinski definition) is 6. The zero-order chi connectivity index (χ0) is 26.4. The first-order chi connectivity index (χ1) is 17.8. The minimum Gasteiger partial charge on any atom is -0.383 e. The standard InChI is InChI=1S/C30H34N4O2S/c1-6-34(16-17-36-5)22-18-25(21-12-8-7-9-13-21)32-26(19-22)28(35)33-24-15-11-10-14-23(24)29-31-20-27(37-29)30(2,3)4/h7-15,18-20H,6,16-17H2,1-5H3,(H,33,35). The minimum atomic E-state index is -0.262. The second kappa shape index (κ2) is 11.7. The predicted octanol–water partition coefficient (Wildman–Crippen LogP) is 6.89. The van der Waals surface area contributed by atoms with Crippen molar-refractivity contribution in [1.82, 2.24) is 9.97 Å². The van der Waals surface area contributed by atoms with Gasteiger partial charge < -0.3 is 15.0 Å². The summed E-state index contributed by atoms with van der Waals surface area (Å²) >= 11 is 1.65. The lowest BCUT2D eigenvalue weighted by Gasteiger charge is -2.24. The van der Waals surface area contributed by atoms with Crippen LogP contribution in [-0.4, -0.2) is 42.7 Å². The van der Waals surface area contributed by atoms with Crippen LogP contribution in [0, 0.1) is 0 Å². The summed E-state index contributed by atoms with van der Waals surface area (Å²) in [5.74, 6) is -0.262. The van der Waals surface area contributed by atoms with E-state index >= 15 is 0 Å². The number of hydrogen-bond donors (Lipinski definition) is 1. The third-order valence-corrected chi connectivity index (χ3v) is 7.53. The Hall–Kier alpha value is -3.55. The van der Waals surface area contributed by atoms with Gasteiger partial charge in [-0.25, -0.2) is 9.97 Å². The summed E-state index contributed by atoms with van der Waals surface area (Å²) in [5, 5.41) is 3.98. The van der Waals surface area contributed by atoms with Gasteiger partial charge in [0.25, 0.3) is 5.91 Å². The molecule has 2 aromatic heterocycles. The maximum absolute atomic E-state index is 13.6. The number of benzene rings is 2. The van der Waals surface area contributed by atoms with E-state index < -0.39 is 0 Å². The fraction of sp³-hybridized carbons (Fsp3) is 0.300. The summed E-state index contributed by atoms with van der Waals surface area (Å²) in [4.78, 5) is 26.4. The van der Waals surface area contributed by atoms with Gasteiger partial charge in [-0.05, 0) is 36.6 Å².